The van der Waals surface area contributed by atoms with Crippen LogP contribution in [-0.4, -0.2) is 30.8 Å². The minimum atomic E-state index is -0.985. The number of nitrogens with zero attached hydrogens (tertiary/aromatic N) is 4. The van der Waals surface area contributed by atoms with Crippen LogP contribution in [0.2, 0.25) is 0 Å². The Kier molecular flexibility index (Phi) is 2.49. The van der Waals surface area contributed by atoms with E-state index >= 15 is 0 Å². The van der Waals surface area contributed by atoms with Gasteiger partial charge in [0, 0.05) is 30.4 Å². The summed E-state index contributed by atoms with van der Waals surface area (Å²) in [4.78, 5) is 19.1. The lowest BCUT2D eigenvalue weighted by Gasteiger charge is -1.99. The highest BCUT2D eigenvalue weighted by molar-refractivity contribution is 6.02. The van der Waals surface area contributed by atoms with Crippen molar-refractivity contribution in [2.45, 2.75) is 0 Å². The molecule has 3 rings (SSSR count). The van der Waals surface area contributed by atoms with Crippen LogP contribution in [0.4, 0.5) is 0 Å². The summed E-state index contributed by atoms with van der Waals surface area (Å²) in [6.07, 6.45) is 4.87. The van der Waals surface area contributed by atoms with Gasteiger partial charge in [-0.15, -0.1) is 0 Å². The zero-order valence-corrected chi connectivity index (χ0v) is 10.1. The number of fused-ring (bicyclic) bond motifs is 1. The standard InChI is InChI=1S/C13H10N4O2/c1-17-12(13(18)19)10-3-2-8(4-11(10)16-17)9-5-14-7-15-6-9/h2-7H,1H3,(H,18,19). The number of benzene rings is 1. The Morgan fingerprint density at radius 2 is 1.95 bits per heavy atom. The van der Waals surface area contributed by atoms with Crippen molar-refractivity contribution in [3.63, 3.8) is 0 Å². The van der Waals surface area contributed by atoms with Crippen LogP contribution in [0.5, 0.6) is 0 Å². The summed E-state index contributed by atoms with van der Waals surface area (Å²) in [7, 11) is 1.62. The van der Waals surface area contributed by atoms with Crippen LogP contribution in [-0.2, 0) is 7.05 Å². The maximum Gasteiger partial charge on any atom is 0.354 e. The van der Waals surface area contributed by atoms with Crippen LogP contribution in [0.3, 0.4) is 0 Å². The molecule has 0 amide bonds. The Hall–Kier alpha value is -2.76. The van der Waals surface area contributed by atoms with Gasteiger partial charge in [0.1, 0.15) is 6.33 Å². The molecule has 1 N–H and O–H groups in total. The van der Waals surface area contributed by atoms with Crippen LogP contribution in [0.1, 0.15) is 10.5 Å². The quantitative estimate of drug-likeness (QED) is 0.753. The van der Waals surface area contributed by atoms with E-state index in [9.17, 15) is 4.79 Å². The maximum absolute atomic E-state index is 11.2. The van der Waals surface area contributed by atoms with Crippen molar-refractivity contribution in [1.29, 1.82) is 0 Å². The number of hydrogen-bond donors (Lipinski definition) is 1. The number of hydrogen-bond acceptors (Lipinski definition) is 4. The average molecular weight is 254 g/mol. The SMILES string of the molecule is Cn1nc2cc(-c3cncnc3)ccc2c1C(=O)O. The highest BCUT2D eigenvalue weighted by Crippen LogP contribution is 2.24. The smallest absolute Gasteiger partial charge is 0.354 e. The second-order valence-electron chi connectivity index (χ2n) is 4.14. The van der Waals surface area contributed by atoms with E-state index in [2.05, 4.69) is 15.1 Å². The van der Waals surface area contributed by atoms with E-state index in [4.69, 9.17) is 5.11 Å². The molecular formula is C13H10N4O2. The lowest BCUT2D eigenvalue weighted by atomic mass is 10.1. The molecule has 3 aromatic rings. The number of aryl methyl sites for hydroxylation is 1. The van der Waals surface area contributed by atoms with Crippen LogP contribution < -0.4 is 0 Å². The van der Waals surface area contributed by atoms with Gasteiger partial charge < -0.3 is 5.11 Å². The van der Waals surface area contributed by atoms with E-state index in [1.165, 1.54) is 11.0 Å². The molecule has 0 aliphatic carbocycles. The van der Waals surface area contributed by atoms with Crippen LogP contribution in [0.15, 0.2) is 36.9 Å². The zero-order valence-electron chi connectivity index (χ0n) is 10.1. The van der Waals surface area contributed by atoms with Gasteiger partial charge in [0.25, 0.3) is 0 Å². The van der Waals surface area contributed by atoms with Crippen molar-refractivity contribution in [3.05, 3.63) is 42.6 Å². The van der Waals surface area contributed by atoms with E-state index in [-0.39, 0.29) is 5.69 Å². The first-order valence-electron chi connectivity index (χ1n) is 5.62. The average Bonchev–Trinajstić information content (AvgIpc) is 2.74. The summed E-state index contributed by atoms with van der Waals surface area (Å²) < 4.78 is 1.37. The molecule has 0 aliphatic heterocycles. The van der Waals surface area contributed by atoms with Gasteiger partial charge in [-0.3, -0.25) is 4.68 Å². The first-order chi connectivity index (χ1) is 9.16. The molecule has 6 heteroatoms. The lowest BCUT2D eigenvalue weighted by molar-refractivity contribution is 0.0687. The molecule has 0 saturated carbocycles. The van der Waals surface area contributed by atoms with E-state index in [0.29, 0.717) is 10.9 Å². The molecule has 19 heavy (non-hydrogen) atoms. The van der Waals surface area contributed by atoms with Gasteiger partial charge in [-0.1, -0.05) is 6.07 Å². The first kappa shape index (κ1) is 11.3. The Morgan fingerprint density at radius 3 is 2.63 bits per heavy atom. The molecule has 0 saturated heterocycles. The van der Waals surface area contributed by atoms with Crippen molar-refractivity contribution in [3.8, 4) is 11.1 Å². The third-order valence-corrected chi connectivity index (χ3v) is 2.93. The topological polar surface area (TPSA) is 80.9 Å². The molecule has 2 heterocycles. The van der Waals surface area contributed by atoms with Gasteiger partial charge >= 0.3 is 5.97 Å². The first-order valence-corrected chi connectivity index (χ1v) is 5.62. The maximum atomic E-state index is 11.2. The summed E-state index contributed by atoms with van der Waals surface area (Å²) in [5, 5.41) is 14.0. The summed E-state index contributed by atoms with van der Waals surface area (Å²) >= 11 is 0. The molecule has 1 aromatic carbocycles. The second-order valence-corrected chi connectivity index (χ2v) is 4.14. The fourth-order valence-corrected chi connectivity index (χ4v) is 2.08. The Bertz CT molecular complexity index is 765. The Labute approximate surface area is 108 Å². The third kappa shape index (κ3) is 1.83. The molecule has 2 aromatic heterocycles. The molecule has 0 atom stereocenters. The van der Waals surface area contributed by atoms with E-state index < -0.39 is 5.97 Å². The van der Waals surface area contributed by atoms with Gasteiger partial charge in [-0.2, -0.15) is 5.10 Å². The number of carbonyl (C=O) groups is 1. The van der Waals surface area contributed by atoms with Crippen LogP contribution in [0.25, 0.3) is 22.0 Å². The van der Waals surface area contributed by atoms with Crippen molar-refractivity contribution >= 4 is 16.9 Å². The predicted molar refractivity (Wildman–Crippen MR) is 68.7 cm³/mol. The summed E-state index contributed by atoms with van der Waals surface area (Å²) in [6.45, 7) is 0. The highest BCUT2D eigenvalue weighted by Gasteiger charge is 2.15. The third-order valence-electron chi connectivity index (χ3n) is 2.93. The normalized spacial score (nSPS) is 10.8. The number of aromatic nitrogens is 4. The number of carboxylic acid groups (broad SMARTS) is 1. The largest absolute Gasteiger partial charge is 0.477 e. The fourth-order valence-electron chi connectivity index (χ4n) is 2.08. The molecule has 0 radical (unpaired) electrons. The lowest BCUT2D eigenvalue weighted by Crippen LogP contribution is -2.05. The molecule has 94 valence electrons. The second kappa shape index (κ2) is 4.16. The summed E-state index contributed by atoms with van der Waals surface area (Å²) in [5.41, 5.74) is 2.60. The van der Waals surface area contributed by atoms with Gasteiger partial charge in [-0.25, -0.2) is 14.8 Å². The van der Waals surface area contributed by atoms with E-state index in [0.717, 1.165) is 11.1 Å². The summed E-state index contributed by atoms with van der Waals surface area (Å²) in [5.74, 6) is -0.985. The van der Waals surface area contributed by atoms with Crippen LogP contribution in [0, 0.1) is 0 Å². The van der Waals surface area contributed by atoms with Crippen molar-refractivity contribution in [2.75, 3.05) is 0 Å². The number of rotatable bonds is 2. The monoisotopic (exact) mass is 254 g/mol. The van der Waals surface area contributed by atoms with Crippen molar-refractivity contribution in [1.82, 2.24) is 19.7 Å². The van der Waals surface area contributed by atoms with Crippen molar-refractivity contribution in [2.24, 2.45) is 7.05 Å². The molecule has 0 bridgehead atoms. The minimum absolute atomic E-state index is 0.186. The molecule has 0 fully saturated rings. The number of carboxylic acids is 1. The molecule has 0 aliphatic rings. The van der Waals surface area contributed by atoms with Crippen molar-refractivity contribution < 1.29 is 9.90 Å². The van der Waals surface area contributed by atoms with Gasteiger partial charge in [0.2, 0.25) is 0 Å². The Morgan fingerprint density at radius 1 is 1.21 bits per heavy atom. The van der Waals surface area contributed by atoms with E-state index in [1.54, 1.807) is 25.5 Å². The van der Waals surface area contributed by atoms with Gasteiger partial charge in [0.15, 0.2) is 5.69 Å². The van der Waals surface area contributed by atoms with Gasteiger partial charge in [-0.05, 0) is 17.7 Å². The highest BCUT2D eigenvalue weighted by atomic mass is 16.4. The van der Waals surface area contributed by atoms with Gasteiger partial charge in [0.05, 0.1) is 5.52 Å². The van der Waals surface area contributed by atoms with E-state index in [1.807, 2.05) is 12.1 Å². The molecule has 0 spiro atoms. The minimum Gasteiger partial charge on any atom is -0.477 e. The molecule has 0 unspecified atom stereocenters. The Balaban J connectivity index is 2.21. The fraction of sp³-hybridized carbons (Fsp3) is 0.0769. The van der Waals surface area contributed by atoms with Crippen LogP contribution >= 0.6 is 0 Å². The molecular weight excluding hydrogens is 244 g/mol. The molecule has 6 nitrogen and oxygen atoms in total. The summed E-state index contributed by atoms with van der Waals surface area (Å²) in [6, 6.07) is 5.43. The predicted octanol–water partition coefficient (Wildman–Crippen LogP) is 1.73. The zero-order chi connectivity index (χ0) is 13.4. The number of aromatic carboxylic acids is 1.